The summed E-state index contributed by atoms with van der Waals surface area (Å²) in [5.41, 5.74) is 0.627. The molecule has 0 aromatic heterocycles. The van der Waals surface area contributed by atoms with Crippen molar-refractivity contribution >= 4 is 17.8 Å². The predicted octanol–water partition coefficient (Wildman–Crippen LogP) is 2.38. The number of carbonyl (C=O) groups excluding carboxylic acids is 3. The number of urea groups is 1. The van der Waals surface area contributed by atoms with E-state index in [1.165, 1.54) is 0 Å². The second-order valence-corrected chi connectivity index (χ2v) is 7.47. The molecule has 1 atom stereocenters. The molecule has 1 saturated heterocycles. The van der Waals surface area contributed by atoms with Crippen LogP contribution in [0, 0.1) is 17.6 Å². The van der Waals surface area contributed by atoms with Gasteiger partial charge in [0.15, 0.2) is 5.78 Å². The molecule has 7 nitrogen and oxygen atoms in total. The van der Waals surface area contributed by atoms with Gasteiger partial charge in [-0.1, -0.05) is 0 Å². The molecule has 1 fully saturated rings. The number of nitrogens with zero attached hydrogens (tertiary/aromatic N) is 1. The highest BCUT2D eigenvalue weighted by Crippen LogP contribution is 2.25. The van der Waals surface area contributed by atoms with Crippen LogP contribution in [0.5, 0.6) is 0 Å². The summed E-state index contributed by atoms with van der Waals surface area (Å²) in [6, 6.07) is 2.01. The Hall–Kier alpha value is -2.81. The number of hydrogen-bond acceptors (Lipinski definition) is 5. The van der Waals surface area contributed by atoms with Crippen molar-refractivity contribution < 1.29 is 27.9 Å². The van der Waals surface area contributed by atoms with Gasteiger partial charge in [0, 0.05) is 18.2 Å². The molecule has 0 aliphatic carbocycles. The summed E-state index contributed by atoms with van der Waals surface area (Å²) in [6.07, 6.45) is 0.942. The topological polar surface area (TPSA) is 87.7 Å². The first-order valence-electron chi connectivity index (χ1n) is 9.99. The third kappa shape index (κ3) is 4.84. The maximum absolute atomic E-state index is 13.9. The molecule has 9 heteroatoms. The van der Waals surface area contributed by atoms with Crippen LogP contribution in [0.4, 0.5) is 13.6 Å². The molecule has 2 aliphatic rings. The normalized spacial score (nSPS) is 20.5. The van der Waals surface area contributed by atoms with Gasteiger partial charge >= 0.3 is 12.0 Å². The fourth-order valence-electron chi connectivity index (χ4n) is 3.89. The molecule has 2 aliphatic heterocycles. The van der Waals surface area contributed by atoms with Gasteiger partial charge in [0.1, 0.15) is 11.6 Å². The largest absolute Gasteiger partial charge is 0.463 e. The standard InChI is InChI=1S/C21H25F2N3O4/c1-3-30-20(28)18-12(2)24-21(29)25-17(18)11-26-8-6-13(7-9-26)19(27)15-10-14(22)4-5-16(15)23/h4-5,10,12-13H,3,6-9,11H2,1-2H3,(H2,24,25,29). The van der Waals surface area contributed by atoms with Crippen LogP contribution >= 0.6 is 0 Å². The van der Waals surface area contributed by atoms with Gasteiger partial charge in [-0.2, -0.15) is 0 Å². The van der Waals surface area contributed by atoms with Crippen molar-refractivity contribution in [1.82, 2.24) is 15.5 Å². The number of ether oxygens (including phenoxy) is 1. The minimum Gasteiger partial charge on any atom is -0.463 e. The molecule has 1 aromatic rings. The van der Waals surface area contributed by atoms with Crippen molar-refractivity contribution in [2.24, 2.45) is 5.92 Å². The van der Waals surface area contributed by atoms with E-state index in [1.54, 1.807) is 13.8 Å². The molecule has 2 amide bonds. The summed E-state index contributed by atoms with van der Waals surface area (Å²) in [5, 5.41) is 5.33. The fraction of sp³-hybridized carbons (Fsp3) is 0.476. The number of hydrogen-bond donors (Lipinski definition) is 2. The number of halogens is 2. The van der Waals surface area contributed by atoms with E-state index in [9.17, 15) is 23.2 Å². The molecule has 2 heterocycles. The van der Waals surface area contributed by atoms with E-state index in [4.69, 9.17) is 4.74 Å². The molecule has 0 saturated carbocycles. The first kappa shape index (κ1) is 21.9. The van der Waals surface area contributed by atoms with E-state index < -0.39 is 41.4 Å². The second kappa shape index (κ2) is 9.34. The number of amides is 2. The van der Waals surface area contributed by atoms with Crippen molar-refractivity contribution in [1.29, 1.82) is 0 Å². The molecule has 0 bridgehead atoms. The Morgan fingerprint density at radius 1 is 1.23 bits per heavy atom. The number of Topliss-reactive ketones (excluding diaryl/α,β-unsaturated/α-hetero) is 1. The van der Waals surface area contributed by atoms with Crippen molar-refractivity contribution in [3.8, 4) is 0 Å². The van der Waals surface area contributed by atoms with Gasteiger partial charge in [-0.25, -0.2) is 18.4 Å². The first-order valence-corrected chi connectivity index (χ1v) is 9.99. The lowest BCUT2D eigenvalue weighted by molar-refractivity contribution is -0.139. The molecular formula is C21H25F2N3O4. The van der Waals surface area contributed by atoms with E-state index in [1.807, 2.05) is 4.90 Å². The monoisotopic (exact) mass is 421 g/mol. The van der Waals surface area contributed by atoms with Crippen LogP contribution < -0.4 is 10.6 Å². The Labute approximate surface area is 173 Å². The van der Waals surface area contributed by atoms with E-state index in [2.05, 4.69) is 10.6 Å². The molecule has 0 spiro atoms. The van der Waals surface area contributed by atoms with Crippen molar-refractivity contribution in [3.63, 3.8) is 0 Å². The average molecular weight is 421 g/mol. The summed E-state index contributed by atoms with van der Waals surface area (Å²) < 4.78 is 32.4. The molecular weight excluding hydrogens is 396 g/mol. The summed E-state index contributed by atoms with van der Waals surface area (Å²) in [6.45, 7) is 5.00. The molecule has 1 aromatic carbocycles. The molecule has 3 rings (SSSR count). The first-order chi connectivity index (χ1) is 14.3. The second-order valence-electron chi connectivity index (χ2n) is 7.47. The lowest BCUT2D eigenvalue weighted by atomic mass is 9.88. The highest BCUT2D eigenvalue weighted by molar-refractivity contribution is 5.98. The number of ketones is 1. The molecule has 1 unspecified atom stereocenters. The maximum atomic E-state index is 13.9. The van der Waals surface area contributed by atoms with Gasteiger partial charge in [0.25, 0.3) is 0 Å². The van der Waals surface area contributed by atoms with Crippen LogP contribution in [0.3, 0.4) is 0 Å². The third-order valence-corrected chi connectivity index (χ3v) is 5.40. The minimum atomic E-state index is -0.723. The fourth-order valence-corrected chi connectivity index (χ4v) is 3.89. The van der Waals surface area contributed by atoms with Crippen molar-refractivity contribution in [2.45, 2.75) is 32.7 Å². The number of likely N-dealkylation sites (tertiary alicyclic amines) is 1. The highest BCUT2D eigenvalue weighted by Gasteiger charge is 2.32. The molecule has 162 valence electrons. The Balaban J connectivity index is 1.67. The summed E-state index contributed by atoms with van der Waals surface area (Å²) in [7, 11) is 0. The van der Waals surface area contributed by atoms with E-state index in [0.717, 1.165) is 18.2 Å². The quantitative estimate of drug-likeness (QED) is 0.544. The highest BCUT2D eigenvalue weighted by atomic mass is 19.1. The zero-order chi connectivity index (χ0) is 21.8. The van der Waals surface area contributed by atoms with Crippen LogP contribution in [-0.2, 0) is 9.53 Å². The number of esters is 1. The predicted molar refractivity (Wildman–Crippen MR) is 105 cm³/mol. The van der Waals surface area contributed by atoms with Gasteiger partial charge in [0.2, 0.25) is 0 Å². The summed E-state index contributed by atoms with van der Waals surface area (Å²) in [4.78, 5) is 38.8. The zero-order valence-corrected chi connectivity index (χ0v) is 17.0. The molecule has 2 N–H and O–H groups in total. The number of piperidine rings is 1. The van der Waals surface area contributed by atoms with Gasteiger partial charge in [-0.05, 0) is 58.0 Å². The Morgan fingerprint density at radius 2 is 1.93 bits per heavy atom. The van der Waals surface area contributed by atoms with Gasteiger partial charge in [0.05, 0.1) is 23.8 Å². The average Bonchev–Trinajstić information content (AvgIpc) is 2.69. The Kier molecular flexibility index (Phi) is 6.81. The third-order valence-electron chi connectivity index (χ3n) is 5.40. The molecule has 30 heavy (non-hydrogen) atoms. The van der Waals surface area contributed by atoms with Crippen LogP contribution in [0.1, 0.15) is 37.0 Å². The Bertz CT molecular complexity index is 879. The molecule has 0 radical (unpaired) electrons. The SMILES string of the molecule is CCOC(=O)C1=C(CN2CCC(C(=O)c3cc(F)ccc3F)CC2)NC(=O)NC1C. The lowest BCUT2D eigenvalue weighted by Gasteiger charge is -2.34. The number of carbonyl (C=O) groups is 3. The lowest BCUT2D eigenvalue weighted by Crippen LogP contribution is -2.51. The van der Waals surface area contributed by atoms with Crippen LogP contribution in [-0.4, -0.2) is 55.0 Å². The van der Waals surface area contributed by atoms with E-state index >= 15 is 0 Å². The van der Waals surface area contributed by atoms with E-state index in [0.29, 0.717) is 43.7 Å². The summed E-state index contributed by atoms with van der Waals surface area (Å²) >= 11 is 0. The number of rotatable bonds is 6. The summed E-state index contributed by atoms with van der Waals surface area (Å²) in [5.74, 6) is -2.66. The maximum Gasteiger partial charge on any atom is 0.337 e. The van der Waals surface area contributed by atoms with Crippen molar-refractivity contribution in [3.05, 3.63) is 46.7 Å². The smallest absolute Gasteiger partial charge is 0.337 e. The zero-order valence-electron chi connectivity index (χ0n) is 17.0. The van der Waals surface area contributed by atoms with Gasteiger partial charge < -0.3 is 15.4 Å². The Morgan fingerprint density at radius 3 is 2.60 bits per heavy atom. The van der Waals surface area contributed by atoms with Crippen LogP contribution in [0.2, 0.25) is 0 Å². The number of nitrogens with one attached hydrogen (secondary N) is 2. The van der Waals surface area contributed by atoms with Gasteiger partial charge in [-0.15, -0.1) is 0 Å². The van der Waals surface area contributed by atoms with Crippen LogP contribution in [0.15, 0.2) is 29.5 Å². The van der Waals surface area contributed by atoms with Crippen LogP contribution in [0.25, 0.3) is 0 Å². The number of benzene rings is 1. The van der Waals surface area contributed by atoms with Gasteiger partial charge in [-0.3, -0.25) is 9.69 Å². The van der Waals surface area contributed by atoms with Crippen molar-refractivity contribution in [2.75, 3.05) is 26.2 Å². The minimum absolute atomic E-state index is 0.222. The van der Waals surface area contributed by atoms with E-state index in [-0.39, 0.29) is 12.2 Å².